The molecule has 1 aromatic heterocycles. The van der Waals surface area contributed by atoms with Gasteiger partial charge in [-0.2, -0.15) is 5.48 Å². The number of carboxylic acids is 1. The summed E-state index contributed by atoms with van der Waals surface area (Å²) in [7, 11) is 1.59. The Kier molecular flexibility index (Phi) is 5.27. The highest BCUT2D eigenvalue weighted by Crippen LogP contribution is 2.16. The molecule has 2 N–H and O–H groups in total. The Morgan fingerprint density at radius 2 is 2.40 bits per heavy atom. The summed E-state index contributed by atoms with van der Waals surface area (Å²) in [6, 6.07) is 1.76. The van der Waals surface area contributed by atoms with Crippen LogP contribution in [0.2, 0.25) is 0 Å². The van der Waals surface area contributed by atoms with Crippen LogP contribution in [0.4, 0.5) is 0 Å². The number of methoxy groups -OCH3 is 1. The number of carboxylic acid groups (broad SMARTS) is 1. The van der Waals surface area contributed by atoms with Gasteiger partial charge >= 0.3 is 5.97 Å². The second-order valence-electron chi connectivity index (χ2n) is 2.74. The average Bonchev–Trinajstić information content (AvgIpc) is 2.66. The lowest BCUT2D eigenvalue weighted by Gasteiger charge is -2.04. The van der Waals surface area contributed by atoms with E-state index < -0.39 is 5.97 Å². The predicted octanol–water partition coefficient (Wildman–Crippen LogP) is 1.11. The fourth-order valence-electron chi connectivity index (χ4n) is 0.988. The first-order chi connectivity index (χ1) is 7.25. The van der Waals surface area contributed by atoms with Crippen LogP contribution in [0.15, 0.2) is 11.4 Å². The zero-order valence-electron chi connectivity index (χ0n) is 8.36. The van der Waals surface area contributed by atoms with Crippen molar-refractivity contribution in [3.05, 3.63) is 21.9 Å². The zero-order valence-corrected chi connectivity index (χ0v) is 9.17. The molecule has 0 radical (unpaired) electrons. The van der Waals surface area contributed by atoms with Crippen molar-refractivity contribution in [2.45, 2.75) is 6.54 Å². The van der Waals surface area contributed by atoms with Crippen molar-refractivity contribution < 1.29 is 19.5 Å². The van der Waals surface area contributed by atoms with E-state index in [1.165, 1.54) is 11.3 Å². The third-order valence-corrected chi connectivity index (χ3v) is 2.64. The number of hydrogen-bond acceptors (Lipinski definition) is 5. The molecule has 84 valence electrons. The normalized spacial score (nSPS) is 10.5. The molecule has 0 aliphatic rings. The topological polar surface area (TPSA) is 67.8 Å². The van der Waals surface area contributed by atoms with Crippen LogP contribution in [0, 0.1) is 0 Å². The largest absolute Gasteiger partial charge is 0.477 e. The van der Waals surface area contributed by atoms with Crippen LogP contribution in [0.3, 0.4) is 0 Å². The summed E-state index contributed by atoms with van der Waals surface area (Å²) < 4.78 is 4.78. The molecule has 5 nitrogen and oxygen atoms in total. The van der Waals surface area contributed by atoms with Crippen LogP contribution in [-0.2, 0) is 16.1 Å². The van der Waals surface area contributed by atoms with E-state index in [4.69, 9.17) is 14.7 Å². The molecule has 0 spiro atoms. The molecule has 1 aromatic rings. The molecule has 0 aliphatic heterocycles. The summed E-state index contributed by atoms with van der Waals surface area (Å²) >= 11 is 1.21. The molecule has 0 fully saturated rings. The molecular weight excluding hydrogens is 218 g/mol. The summed E-state index contributed by atoms with van der Waals surface area (Å²) in [5.74, 6) is -0.904. The minimum Gasteiger partial charge on any atom is -0.477 e. The maximum atomic E-state index is 10.7. The fourth-order valence-corrected chi connectivity index (χ4v) is 1.75. The quantitative estimate of drug-likeness (QED) is 0.543. The molecule has 1 heterocycles. The fraction of sp³-hybridized carbons (Fsp3) is 0.444. The number of carbonyl (C=O) groups is 1. The first-order valence-corrected chi connectivity index (χ1v) is 5.27. The first-order valence-electron chi connectivity index (χ1n) is 4.39. The van der Waals surface area contributed by atoms with Gasteiger partial charge in [0.05, 0.1) is 13.2 Å². The Labute approximate surface area is 91.6 Å². The molecule has 15 heavy (non-hydrogen) atoms. The lowest BCUT2D eigenvalue weighted by Crippen LogP contribution is -2.17. The Morgan fingerprint density at radius 3 is 3.07 bits per heavy atom. The van der Waals surface area contributed by atoms with Gasteiger partial charge in [0.2, 0.25) is 0 Å². The Balaban J connectivity index is 2.31. The molecule has 0 amide bonds. The Hall–Kier alpha value is -0.950. The molecule has 6 heteroatoms. The monoisotopic (exact) mass is 231 g/mol. The van der Waals surface area contributed by atoms with Crippen LogP contribution in [0.25, 0.3) is 0 Å². The van der Waals surface area contributed by atoms with Crippen molar-refractivity contribution in [2.24, 2.45) is 0 Å². The van der Waals surface area contributed by atoms with Crippen molar-refractivity contribution in [3.8, 4) is 0 Å². The van der Waals surface area contributed by atoms with Crippen LogP contribution < -0.4 is 5.48 Å². The minimum absolute atomic E-state index is 0.345. The van der Waals surface area contributed by atoms with Gasteiger partial charge in [-0.1, -0.05) is 0 Å². The molecule has 0 unspecified atom stereocenters. The van der Waals surface area contributed by atoms with E-state index in [9.17, 15) is 4.79 Å². The van der Waals surface area contributed by atoms with E-state index in [2.05, 4.69) is 5.48 Å². The second kappa shape index (κ2) is 6.52. The summed E-state index contributed by atoms with van der Waals surface area (Å²) in [5, 5.41) is 10.6. The Bertz CT molecular complexity index is 313. The van der Waals surface area contributed by atoms with E-state index in [1.54, 1.807) is 18.6 Å². The molecular formula is C9H13NO4S. The van der Waals surface area contributed by atoms with E-state index in [0.29, 0.717) is 24.6 Å². The highest BCUT2D eigenvalue weighted by atomic mass is 32.1. The third kappa shape index (κ3) is 3.96. The van der Waals surface area contributed by atoms with Crippen molar-refractivity contribution in [1.29, 1.82) is 0 Å². The molecule has 0 aromatic carbocycles. The molecule has 0 atom stereocenters. The third-order valence-electron chi connectivity index (χ3n) is 1.70. The molecule has 0 bridgehead atoms. The van der Waals surface area contributed by atoms with Gasteiger partial charge in [0.15, 0.2) is 0 Å². The van der Waals surface area contributed by atoms with E-state index in [-0.39, 0.29) is 0 Å². The maximum absolute atomic E-state index is 10.7. The summed E-state index contributed by atoms with van der Waals surface area (Å²) in [5.41, 5.74) is 3.41. The number of nitrogens with one attached hydrogen (secondary N) is 1. The molecule has 1 rings (SSSR count). The van der Waals surface area contributed by atoms with Crippen LogP contribution >= 0.6 is 11.3 Å². The summed E-state index contributed by atoms with van der Waals surface area (Å²) in [4.78, 5) is 16.1. The van der Waals surface area contributed by atoms with Crippen LogP contribution in [-0.4, -0.2) is 31.4 Å². The van der Waals surface area contributed by atoms with E-state index in [1.807, 2.05) is 0 Å². The summed E-state index contributed by atoms with van der Waals surface area (Å²) in [6.07, 6.45) is 0. The molecule has 0 aliphatic carbocycles. The van der Waals surface area contributed by atoms with Gasteiger partial charge in [-0.15, -0.1) is 11.3 Å². The predicted molar refractivity (Wildman–Crippen MR) is 55.9 cm³/mol. The average molecular weight is 231 g/mol. The van der Waals surface area contributed by atoms with Gasteiger partial charge in [0, 0.05) is 13.7 Å². The van der Waals surface area contributed by atoms with Crippen LogP contribution in [0.5, 0.6) is 0 Å². The number of thiophene rings is 1. The molecule has 0 saturated carbocycles. The highest BCUT2D eigenvalue weighted by molar-refractivity contribution is 7.12. The van der Waals surface area contributed by atoms with Crippen molar-refractivity contribution in [1.82, 2.24) is 5.48 Å². The minimum atomic E-state index is -0.904. The standard InChI is InChI=1S/C9H13NO4S/c1-13-3-4-14-10-6-7-2-5-15-8(7)9(11)12/h2,5,10H,3-4,6H2,1H3,(H,11,12). The lowest BCUT2D eigenvalue weighted by atomic mass is 10.2. The van der Waals surface area contributed by atoms with Gasteiger partial charge in [0.25, 0.3) is 0 Å². The maximum Gasteiger partial charge on any atom is 0.346 e. The number of rotatable bonds is 7. The lowest BCUT2D eigenvalue weighted by molar-refractivity contribution is 0.00338. The number of ether oxygens (including phenoxy) is 1. The van der Waals surface area contributed by atoms with Crippen molar-refractivity contribution >= 4 is 17.3 Å². The van der Waals surface area contributed by atoms with Crippen molar-refractivity contribution in [2.75, 3.05) is 20.3 Å². The zero-order chi connectivity index (χ0) is 11.1. The van der Waals surface area contributed by atoms with Gasteiger partial charge in [-0.05, 0) is 17.0 Å². The number of hydrogen-bond donors (Lipinski definition) is 2. The van der Waals surface area contributed by atoms with Gasteiger partial charge in [0.1, 0.15) is 4.88 Å². The van der Waals surface area contributed by atoms with E-state index >= 15 is 0 Å². The van der Waals surface area contributed by atoms with Crippen LogP contribution in [0.1, 0.15) is 15.2 Å². The Morgan fingerprint density at radius 1 is 1.60 bits per heavy atom. The first kappa shape index (κ1) is 12.1. The highest BCUT2D eigenvalue weighted by Gasteiger charge is 2.10. The van der Waals surface area contributed by atoms with Gasteiger partial charge < -0.3 is 9.84 Å². The molecule has 0 saturated heterocycles. The van der Waals surface area contributed by atoms with Crippen molar-refractivity contribution in [3.63, 3.8) is 0 Å². The van der Waals surface area contributed by atoms with Gasteiger partial charge in [-0.25, -0.2) is 4.79 Å². The van der Waals surface area contributed by atoms with Gasteiger partial charge in [-0.3, -0.25) is 4.84 Å². The number of hydroxylamine groups is 1. The SMILES string of the molecule is COCCONCc1ccsc1C(=O)O. The number of aromatic carboxylic acids is 1. The second-order valence-corrected chi connectivity index (χ2v) is 3.66. The smallest absolute Gasteiger partial charge is 0.346 e. The van der Waals surface area contributed by atoms with E-state index in [0.717, 1.165) is 5.56 Å². The summed E-state index contributed by atoms with van der Waals surface area (Å²) in [6.45, 7) is 1.32.